The zero-order valence-electron chi connectivity index (χ0n) is 25.9. The summed E-state index contributed by atoms with van der Waals surface area (Å²) in [6, 6.07) is 16.4. The number of aryl methyl sites for hydroxylation is 1. The second kappa shape index (κ2) is 13.8. The molecule has 0 bridgehead atoms. The smallest absolute Gasteiger partial charge is 0.407 e. The van der Waals surface area contributed by atoms with Crippen molar-refractivity contribution in [3.63, 3.8) is 0 Å². The zero-order chi connectivity index (χ0) is 32.2. The lowest BCUT2D eigenvalue weighted by molar-refractivity contribution is 0.0520. The summed E-state index contributed by atoms with van der Waals surface area (Å²) in [5.41, 5.74) is 2.16. The Kier molecular flexibility index (Phi) is 10.3. The van der Waals surface area contributed by atoms with Crippen LogP contribution in [-0.2, 0) is 11.3 Å². The third kappa shape index (κ3) is 7.74. The number of halogens is 2. The van der Waals surface area contributed by atoms with Crippen LogP contribution in [-0.4, -0.2) is 49.8 Å². The number of fused-ring (bicyclic) bond motifs is 1. The highest BCUT2D eigenvalue weighted by Crippen LogP contribution is 2.33. The summed E-state index contributed by atoms with van der Waals surface area (Å²) in [5.74, 6) is -0.897. The topological polar surface area (TPSA) is 97.9 Å². The van der Waals surface area contributed by atoms with Gasteiger partial charge in [0.2, 0.25) is 0 Å². The second-order valence-corrected chi connectivity index (χ2v) is 12.9. The maximum Gasteiger partial charge on any atom is 0.407 e. The first-order valence-corrected chi connectivity index (χ1v) is 15.4. The van der Waals surface area contributed by atoms with Crippen molar-refractivity contribution in [1.29, 1.82) is 0 Å². The fraction of sp³-hybridized carbons (Fsp3) is 0.394. The van der Waals surface area contributed by atoms with Crippen molar-refractivity contribution in [2.24, 2.45) is 5.92 Å². The van der Waals surface area contributed by atoms with Crippen LogP contribution in [0.2, 0.25) is 0 Å². The lowest BCUT2D eigenvalue weighted by Gasteiger charge is -2.36. The number of amides is 2. The molecule has 11 heteroatoms. The van der Waals surface area contributed by atoms with Crippen LogP contribution in [0.15, 0.2) is 69.9 Å². The van der Waals surface area contributed by atoms with E-state index in [0.717, 1.165) is 5.56 Å². The van der Waals surface area contributed by atoms with Gasteiger partial charge in [0.15, 0.2) is 0 Å². The summed E-state index contributed by atoms with van der Waals surface area (Å²) in [4.78, 5) is 42.2. The number of alkyl carbamates (subject to hydrolysis) is 1. The Labute approximate surface area is 265 Å². The van der Waals surface area contributed by atoms with E-state index in [1.165, 1.54) is 28.8 Å². The van der Waals surface area contributed by atoms with Crippen molar-refractivity contribution < 1.29 is 18.7 Å². The lowest BCUT2D eigenvalue weighted by atomic mass is 9.96. The molecule has 2 aromatic carbocycles. The predicted molar refractivity (Wildman–Crippen MR) is 171 cm³/mol. The molecule has 44 heavy (non-hydrogen) atoms. The second-order valence-electron chi connectivity index (χ2n) is 12.1. The lowest BCUT2D eigenvalue weighted by Crippen LogP contribution is -2.43. The molecule has 4 rings (SSSR count). The molecule has 0 saturated heterocycles. The van der Waals surface area contributed by atoms with Crippen molar-refractivity contribution in [3.05, 3.63) is 104 Å². The Hall–Kier alpha value is -3.99. The van der Waals surface area contributed by atoms with Gasteiger partial charge in [-0.05, 0) is 91.9 Å². The molecule has 2 aromatic heterocycles. The standard InChI is InChI=1S/C33H39BrFN5O4/c1-21(2)29(27-19-26-28(34)22(3)37-40(26)32(43)39(27)20-23-11-8-7-9-12-23)38(30(41)24-13-15-25(35)16-14-24)18-10-17-36-31(42)44-33(4,5)6/h7-9,11-16,19,21,29H,10,17-18,20H2,1-6H3,(H,36,42)/t29-/m1/s1. The summed E-state index contributed by atoms with van der Waals surface area (Å²) in [6.45, 7) is 11.9. The highest BCUT2D eigenvalue weighted by atomic mass is 79.9. The van der Waals surface area contributed by atoms with Crippen LogP contribution in [0, 0.1) is 18.7 Å². The van der Waals surface area contributed by atoms with Crippen LogP contribution in [0.5, 0.6) is 0 Å². The number of ether oxygens (including phenoxy) is 1. The average molecular weight is 669 g/mol. The Morgan fingerprint density at radius 2 is 1.75 bits per heavy atom. The minimum Gasteiger partial charge on any atom is -0.444 e. The number of rotatable bonds is 10. The molecular formula is C33H39BrFN5O4. The number of hydrogen-bond acceptors (Lipinski definition) is 5. The predicted octanol–water partition coefficient (Wildman–Crippen LogP) is 6.51. The molecule has 0 unspecified atom stereocenters. The highest BCUT2D eigenvalue weighted by molar-refractivity contribution is 9.10. The van der Waals surface area contributed by atoms with Crippen LogP contribution in [0.25, 0.3) is 5.52 Å². The van der Waals surface area contributed by atoms with Crippen LogP contribution in [0.1, 0.15) is 74.4 Å². The van der Waals surface area contributed by atoms with Gasteiger partial charge in [-0.15, -0.1) is 0 Å². The van der Waals surface area contributed by atoms with Crippen molar-refractivity contribution in [2.45, 2.75) is 66.2 Å². The molecule has 0 aliphatic heterocycles. The summed E-state index contributed by atoms with van der Waals surface area (Å²) >= 11 is 3.59. The Bertz CT molecular complexity index is 1680. The first-order valence-electron chi connectivity index (χ1n) is 14.6. The quantitative estimate of drug-likeness (QED) is 0.195. The van der Waals surface area contributed by atoms with Gasteiger partial charge in [0.05, 0.1) is 28.3 Å². The number of hydrogen-bond donors (Lipinski definition) is 1. The van der Waals surface area contributed by atoms with Gasteiger partial charge in [-0.1, -0.05) is 44.2 Å². The molecule has 1 atom stereocenters. The van der Waals surface area contributed by atoms with Crippen molar-refractivity contribution >= 4 is 33.4 Å². The molecule has 0 saturated carbocycles. The summed E-state index contributed by atoms with van der Waals surface area (Å²) in [7, 11) is 0. The van der Waals surface area contributed by atoms with Gasteiger partial charge in [0.1, 0.15) is 11.4 Å². The third-order valence-electron chi connectivity index (χ3n) is 7.08. The fourth-order valence-corrected chi connectivity index (χ4v) is 5.51. The monoisotopic (exact) mass is 667 g/mol. The molecule has 2 heterocycles. The first-order chi connectivity index (χ1) is 20.8. The van der Waals surface area contributed by atoms with Gasteiger partial charge >= 0.3 is 11.8 Å². The first kappa shape index (κ1) is 32.9. The molecule has 4 aromatic rings. The molecule has 0 aliphatic carbocycles. The van der Waals surface area contributed by atoms with E-state index in [-0.39, 0.29) is 37.1 Å². The third-order valence-corrected chi connectivity index (χ3v) is 8.06. The van der Waals surface area contributed by atoms with Gasteiger partial charge in [-0.3, -0.25) is 9.36 Å². The maximum absolute atomic E-state index is 14.2. The number of benzene rings is 2. The van der Waals surface area contributed by atoms with Gasteiger partial charge in [0, 0.05) is 24.3 Å². The summed E-state index contributed by atoms with van der Waals surface area (Å²) in [6.07, 6.45) is -0.131. The van der Waals surface area contributed by atoms with E-state index in [9.17, 15) is 18.8 Å². The van der Waals surface area contributed by atoms with Gasteiger partial charge < -0.3 is 15.0 Å². The number of aromatic nitrogens is 3. The van der Waals surface area contributed by atoms with Crippen LogP contribution in [0.4, 0.5) is 9.18 Å². The SMILES string of the molecule is Cc1nn2c(=O)n(Cc3ccccc3)c([C@@H](C(C)C)N(CCCNC(=O)OC(C)(C)C)C(=O)c3ccc(F)cc3)cc2c1Br. The van der Waals surface area contributed by atoms with E-state index in [1.54, 1.807) is 30.2 Å². The van der Waals surface area contributed by atoms with E-state index < -0.39 is 23.6 Å². The number of nitrogens with one attached hydrogen (secondary N) is 1. The maximum atomic E-state index is 14.2. The van der Waals surface area contributed by atoms with Crippen LogP contribution >= 0.6 is 15.9 Å². The van der Waals surface area contributed by atoms with E-state index in [2.05, 4.69) is 26.3 Å². The summed E-state index contributed by atoms with van der Waals surface area (Å²) < 4.78 is 22.9. The zero-order valence-corrected chi connectivity index (χ0v) is 27.5. The molecule has 234 valence electrons. The summed E-state index contributed by atoms with van der Waals surface area (Å²) in [5, 5.41) is 7.22. The molecule has 0 radical (unpaired) electrons. The Morgan fingerprint density at radius 1 is 1.09 bits per heavy atom. The Morgan fingerprint density at radius 3 is 2.36 bits per heavy atom. The van der Waals surface area contributed by atoms with Gasteiger partial charge in [-0.2, -0.15) is 9.61 Å². The van der Waals surface area contributed by atoms with Crippen LogP contribution < -0.4 is 11.0 Å². The molecule has 0 fully saturated rings. The van der Waals surface area contributed by atoms with Crippen molar-refractivity contribution in [1.82, 2.24) is 24.4 Å². The van der Waals surface area contributed by atoms with E-state index in [4.69, 9.17) is 4.74 Å². The van der Waals surface area contributed by atoms with E-state index >= 15 is 0 Å². The normalized spacial score (nSPS) is 12.4. The minimum atomic E-state index is -0.640. The highest BCUT2D eigenvalue weighted by Gasteiger charge is 2.32. The van der Waals surface area contributed by atoms with Crippen molar-refractivity contribution in [2.75, 3.05) is 13.1 Å². The molecule has 2 amide bonds. The van der Waals surface area contributed by atoms with E-state index in [1.807, 2.05) is 57.2 Å². The largest absolute Gasteiger partial charge is 0.444 e. The van der Waals surface area contributed by atoms with Crippen molar-refractivity contribution in [3.8, 4) is 0 Å². The van der Waals surface area contributed by atoms with Crippen LogP contribution in [0.3, 0.4) is 0 Å². The van der Waals surface area contributed by atoms with E-state index in [0.29, 0.717) is 33.4 Å². The van der Waals surface area contributed by atoms with Gasteiger partial charge in [-0.25, -0.2) is 14.0 Å². The fourth-order valence-electron chi connectivity index (χ4n) is 5.15. The molecule has 0 aliphatic rings. The number of carbonyl (C=O) groups excluding carboxylic acids is 2. The van der Waals surface area contributed by atoms with Gasteiger partial charge in [0.25, 0.3) is 5.91 Å². The Balaban J connectivity index is 1.80. The molecule has 1 N–H and O–H groups in total. The molecule has 9 nitrogen and oxygen atoms in total. The number of nitrogens with zero attached hydrogens (tertiary/aromatic N) is 4. The molecular weight excluding hydrogens is 629 g/mol. The minimum absolute atomic E-state index is 0.134. The number of carbonyl (C=O) groups is 2. The average Bonchev–Trinajstić information content (AvgIpc) is 3.24. The molecule has 0 spiro atoms.